The Morgan fingerprint density at radius 2 is 1.90 bits per heavy atom. The molecular weight excluding hydrogens is 388 g/mol. The third-order valence-electron chi connectivity index (χ3n) is 5.53. The molecule has 0 saturated carbocycles. The van der Waals surface area contributed by atoms with Gasteiger partial charge >= 0.3 is 0 Å². The van der Waals surface area contributed by atoms with Gasteiger partial charge in [-0.05, 0) is 31.0 Å². The lowest BCUT2D eigenvalue weighted by atomic mass is 10.2. The summed E-state index contributed by atoms with van der Waals surface area (Å²) < 4.78 is 7.35. The standard InChI is InChI=1S/C24H32N6O/c1-3-8-20-22-23(29(2)28-20)24(25-13-7-14-30-15-17-31-18-16-30)27-21(26-22)12-11-19-9-5-4-6-10-19/h4-6,9-12H,3,7-8,13-18H2,1-2H3,(H,25,26,27)/b12-11+. The van der Waals surface area contributed by atoms with Crippen molar-refractivity contribution >= 4 is 29.0 Å². The summed E-state index contributed by atoms with van der Waals surface area (Å²) in [6.45, 7) is 7.82. The van der Waals surface area contributed by atoms with Gasteiger partial charge in [0.1, 0.15) is 11.0 Å². The smallest absolute Gasteiger partial charge is 0.156 e. The van der Waals surface area contributed by atoms with Gasteiger partial charge in [0.25, 0.3) is 0 Å². The minimum Gasteiger partial charge on any atom is -0.379 e. The fraction of sp³-hybridized carbons (Fsp3) is 0.458. The SMILES string of the molecule is CCCc1nn(C)c2c(NCCCN3CCOCC3)nc(/C=C/c3ccccc3)nc12. The fourth-order valence-electron chi connectivity index (χ4n) is 3.93. The summed E-state index contributed by atoms with van der Waals surface area (Å²) in [6, 6.07) is 10.2. The van der Waals surface area contributed by atoms with Crippen LogP contribution < -0.4 is 5.32 Å². The van der Waals surface area contributed by atoms with Crippen LogP contribution >= 0.6 is 0 Å². The van der Waals surface area contributed by atoms with Gasteiger partial charge in [0.05, 0.1) is 18.9 Å². The maximum atomic E-state index is 5.44. The van der Waals surface area contributed by atoms with Crippen LogP contribution in [0.15, 0.2) is 30.3 Å². The Hall–Kier alpha value is -2.77. The van der Waals surface area contributed by atoms with E-state index in [1.54, 1.807) is 0 Å². The Balaban J connectivity index is 1.55. The normalized spacial score (nSPS) is 15.2. The fourth-order valence-corrected chi connectivity index (χ4v) is 3.93. The van der Waals surface area contributed by atoms with Crippen LogP contribution in [0.25, 0.3) is 23.2 Å². The van der Waals surface area contributed by atoms with Crippen molar-refractivity contribution in [2.45, 2.75) is 26.2 Å². The average Bonchev–Trinajstić information content (AvgIpc) is 3.12. The number of aryl methyl sites for hydroxylation is 2. The van der Waals surface area contributed by atoms with Crippen molar-refractivity contribution in [3.05, 3.63) is 47.4 Å². The lowest BCUT2D eigenvalue weighted by molar-refractivity contribution is 0.0378. The summed E-state index contributed by atoms with van der Waals surface area (Å²) in [5.41, 5.74) is 4.09. The first kappa shape index (κ1) is 21.5. The lowest BCUT2D eigenvalue weighted by Gasteiger charge is -2.26. The molecule has 31 heavy (non-hydrogen) atoms. The molecule has 3 aromatic rings. The average molecular weight is 421 g/mol. The highest BCUT2D eigenvalue weighted by Crippen LogP contribution is 2.24. The van der Waals surface area contributed by atoms with Crippen LogP contribution in [0.1, 0.15) is 36.8 Å². The van der Waals surface area contributed by atoms with Crippen molar-refractivity contribution in [3.8, 4) is 0 Å². The second-order valence-electron chi connectivity index (χ2n) is 7.93. The van der Waals surface area contributed by atoms with Gasteiger partial charge in [-0.1, -0.05) is 49.8 Å². The van der Waals surface area contributed by atoms with Gasteiger partial charge in [0.2, 0.25) is 0 Å². The quantitative estimate of drug-likeness (QED) is 0.533. The zero-order valence-electron chi connectivity index (χ0n) is 18.5. The van der Waals surface area contributed by atoms with Gasteiger partial charge in [-0.15, -0.1) is 0 Å². The maximum absolute atomic E-state index is 5.44. The number of nitrogens with zero attached hydrogens (tertiary/aromatic N) is 5. The molecule has 0 radical (unpaired) electrons. The molecule has 2 aromatic heterocycles. The third kappa shape index (κ3) is 5.48. The Labute approximate surface area is 184 Å². The molecule has 0 spiro atoms. The van der Waals surface area contributed by atoms with Crippen LogP contribution in [-0.2, 0) is 18.2 Å². The minimum atomic E-state index is 0.706. The van der Waals surface area contributed by atoms with E-state index < -0.39 is 0 Å². The number of hydrogen-bond donors (Lipinski definition) is 1. The molecule has 3 heterocycles. The summed E-state index contributed by atoms with van der Waals surface area (Å²) in [4.78, 5) is 12.1. The van der Waals surface area contributed by atoms with Crippen LogP contribution in [0, 0.1) is 0 Å². The molecule has 0 aliphatic carbocycles. The third-order valence-corrected chi connectivity index (χ3v) is 5.53. The Kier molecular flexibility index (Phi) is 7.27. The van der Waals surface area contributed by atoms with E-state index in [0.717, 1.165) is 86.8 Å². The Bertz CT molecular complexity index is 1010. The number of fused-ring (bicyclic) bond motifs is 1. The van der Waals surface area contributed by atoms with Crippen molar-refractivity contribution < 1.29 is 4.74 Å². The number of morpholine rings is 1. The summed E-state index contributed by atoms with van der Waals surface area (Å²) in [6.07, 6.45) is 7.04. The lowest BCUT2D eigenvalue weighted by Crippen LogP contribution is -2.37. The van der Waals surface area contributed by atoms with E-state index in [1.807, 2.05) is 36.0 Å². The number of ether oxygens (including phenoxy) is 1. The predicted octanol–water partition coefficient (Wildman–Crippen LogP) is 3.62. The summed E-state index contributed by atoms with van der Waals surface area (Å²) in [7, 11) is 1.98. The second-order valence-corrected chi connectivity index (χ2v) is 7.93. The molecule has 7 heteroatoms. The highest BCUT2D eigenvalue weighted by Gasteiger charge is 2.16. The van der Waals surface area contributed by atoms with Gasteiger partial charge in [-0.25, -0.2) is 9.97 Å². The molecule has 0 atom stereocenters. The molecule has 1 aromatic carbocycles. The minimum absolute atomic E-state index is 0.706. The first-order chi connectivity index (χ1) is 15.2. The molecule has 1 saturated heterocycles. The number of aromatic nitrogens is 4. The highest BCUT2D eigenvalue weighted by atomic mass is 16.5. The molecule has 0 unspecified atom stereocenters. The van der Waals surface area contributed by atoms with Gasteiger partial charge in [0.15, 0.2) is 11.6 Å². The molecule has 0 bridgehead atoms. The van der Waals surface area contributed by atoms with E-state index in [-0.39, 0.29) is 0 Å². The van der Waals surface area contributed by atoms with E-state index in [1.165, 1.54) is 0 Å². The molecular formula is C24H32N6O. The Morgan fingerprint density at radius 1 is 1.10 bits per heavy atom. The van der Waals surface area contributed by atoms with E-state index in [2.05, 4.69) is 35.3 Å². The van der Waals surface area contributed by atoms with E-state index in [4.69, 9.17) is 19.8 Å². The number of benzene rings is 1. The van der Waals surface area contributed by atoms with E-state index in [0.29, 0.717) is 5.82 Å². The van der Waals surface area contributed by atoms with E-state index in [9.17, 15) is 0 Å². The highest BCUT2D eigenvalue weighted by molar-refractivity contribution is 5.88. The second kappa shape index (κ2) is 10.5. The maximum Gasteiger partial charge on any atom is 0.156 e. The first-order valence-electron chi connectivity index (χ1n) is 11.3. The summed E-state index contributed by atoms with van der Waals surface area (Å²) >= 11 is 0. The number of anilines is 1. The van der Waals surface area contributed by atoms with Crippen molar-refractivity contribution in [3.63, 3.8) is 0 Å². The van der Waals surface area contributed by atoms with Gasteiger partial charge in [-0.2, -0.15) is 5.10 Å². The topological polar surface area (TPSA) is 68.1 Å². The summed E-state index contributed by atoms with van der Waals surface area (Å²) in [5, 5.41) is 8.29. The number of rotatable bonds is 9. The molecule has 1 aliphatic heterocycles. The Morgan fingerprint density at radius 3 is 2.68 bits per heavy atom. The monoisotopic (exact) mass is 420 g/mol. The molecule has 164 valence electrons. The number of nitrogens with one attached hydrogen (secondary N) is 1. The first-order valence-corrected chi connectivity index (χ1v) is 11.3. The largest absolute Gasteiger partial charge is 0.379 e. The number of hydrogen-bond acceptors (Lipinski definition) is 6. The van der Waals surface area contributed by atoms with Gasteiger partial charge in [-0.3, -0.25) is 9.58 Å². The van der Waals surface area contributed by atoms with E-state index >= 15 is 0 Å². The van der Waals surface area contributed by atoms with Crippen LogP contribution in [-0.4, -0.2) is 64.0 Å². The molecule has 1 aliphatic rings. The zero-order valence-corrected chi connectivity index (χ0v) is 18.5. The van der Waals surface area contributed by atoms with Gasteiger partial charge in [0, 0.05) is 26.7 Å². The van der Waals surface area contributed by atoms with Crippen LogP contribution in [0.5, 0.6) is 0 Å². The zero-order chi connectivity index (χ0) is 21.5. The molecule has 0 amide bonds. The van der Waals surface area contributed by atoms with Crippen LogP contribution in [0.3, 0.4) is 0 Å². The van der Waals surface area contributed by atoms with Crippen molar-refractivity contribution in [1.29, 1.82) is 0 Å². The van der Waals surface area contributed by atoms with Crippen molar-refractivity contribution in [1.82, 2.24) is 24.6 Å². The molecule has 1 fully saturated rings. The molecule has 7 nitrogen and oxygen atoms in total. The molecule has 4 rings (SSSR count). The van der Waals surface area contributed by atoms with Crippen molar-refractivity contribution in [2.24, 2.45) is 7.05 Å². The molecule has 1 N–H and O–H groups in total. The predicted molar refractivity (Wildman–Crippen MR) is 126 cm³/mol. The van der Waals surface area contributed by atoms with Gasteiger partial charge < -0.3 is 10.1 Å². The van der Waals surface area contributed by atoms with Crippen LogP contribution in [0.4, 0.5) is 5.82 Å². The van der Waals surface area contributed by atoms with Crippen LogP contribution in [0.2, 0.25) is 0 Å². The summed E-state index contributed by atoms with van der Waals surface area (Å²) in [5.74, 6) is 1.56. The van der Waals surface area contributed by atoms with Crippen molar-refractivity contribution in [2.75, 3.05) is 44.7 Å².